The monoisotopic (exact) mass is 366 g/mol. The van der Waals surface area contributed by atoms with Crippen LogP contribution in [-0.4, -0.2) is 37.4 Å². The second kappa shape index (κ2) is 10.1. The van der Waals surface area contributed by atoms with Crippen LogP contribution in [0.2, 0.25) is 0 Å². The minimum atomic E-state index is -4.65. The first-order chi connectivity index (χ1) is 11.0. The molecular formula is C17H26ClF3N2O. The molecule has 0 unspecified atom stereocenters. The summed E-state index contributed by atoms with van der Waals surface area (Å²) in [6, 6.07) is 6.59. The smallest absolute Gasteiger partial charge is 0.406 e. The van der Waals surface area contributed by atoms with Crippen molar-refractivity contribution in [2.45, 2.75) is 45.0 Å². The summed E-state index contributed by atoms with van der Waals surface area (Å²) in [4.78, 5) is 2.36. The van der Waals surface area contributed by atoms with Gasteiger partial charge in [0.25, 0.3) is 0 Å². The van der Waals surface area contributed by atoms with E-state index in [1.807, 2.05) is 6.07 Å². The Morgan fingerprint density at radius 1 is 1.21 bits per heavy atom. The maximum absolute atomic E-state index is 12.4. The fraction of sp³-hybridized carbons (Fsp3) is 0.647. The maximum Gasteiger partial charge on any atom is 0.573 e. The molecule has 0 saturated carbocycles. The summed E-state index contributed by atoms with van der Waals surface area (Å²) in [6.07, 6.45) is -0.336. The summed E-state index contributed by atoms with van der Waals surface area (Å²) in [7, 11) is 0. The molecule has 0 amide bonds. The van der Waals surface area contributed by atoms with Gasteiger partial charge in [-0.2, -0.15) is 0 Å². The van der Waals surface area contributed by atoms with Gasteiger partial charge >= 0.3 is 6.36 Å². The van der Waals surface area contributed by atoms with Crippen LogP contribution < -0.4 is 10.1 Å². The SMILES string of the molecule is CCCCC[C@@H](c1cccc(OC(F)(F)F)c1)N1CCNCC1.Cl. The van der Waals surface area contributed by atoms with E-state index in [0.29, 0.717) is 0 Å². The number of rotatable bonds is 7. The van der Waals surface area contributed by atoms with Crippen LogP contribution in [0.3, 0.4) is 0 Å². The molecule has 2 rings (SSSR count). The Bertz CT molecular complexity index is 479. The fourth-order valence-corrected chi connectivity index (χ4v) is 3.06. The third-order valence-corrected chi connectivity index (χ3v) is 4.15. The van der Waals surface area contributed by atoms with Gasteiger partial charge in [-0.25, -0.2) is 0 Å². The van der Waals surface area contributed by atoms with Crippen LogP contribution in [0.25, 0.3) is 0 Å². The van der Waals surface area contributed by atoms with Crippen LogP contribution in [0.4, 0.5) is 13.2 Å². The number of benzene rings is 1. The van der Waals surface area contributed by atoms with Crippen LogP contribution in [0.15, 0.2) is 24.3 Å². The van der Waals surface area contributed by atoms with Gasteiger partial charge in [-0.1, -0.05) is 38.3 Å². The number of unbranched alkanes of at least 4 members (excludes halogenated alkanes) is 2. The summed E-state index contributed by atoms with van der Waals surface area (Å²) < 4.78 is 41.4. The molecule has 1 heterocycles. The highest BCUT2D eigenvalue weighted by Gasteiger charge is 2.31. The fourth-order valence-electron chi connectivity index (χ4n) is 3.06. The van der Waals surface area contributed by atoms with Gasteiger partial charge in [-0.05, 0) is 24.1 Å². The van der Waals surface area contributed by atoms with Gasteiger partial charge in [0.1, 0.15) is 5.75 Å². The molecule has 1 saturated heterocycles. The minimum Gasteiger partial charge on any atom is -0.406 e. The Labute approximate surface area is 148 Å². The van der Waals surface area contributed by atoms with Crippen molar-refractivity contribution in [3.63, 3.8) is 0 Å². The van der Waals surface area contributed by atoms with Crippen molar-refractivity contribution in [3.05, 3.63) is 29.8 Å². The molecule has 1 N–H and O–H groups in total. The van der Waals surface area contributed by atoms with Gasteiger partial charge in [-0.15, -0.1) is 25.6 Å². The highest BCUT2D eigenvalue weighted by molar-refractivity contribution is 5.85. The Balaban J connectivity index is 0.00000288. The molecule has 138 valence electrons. The molecule has 0 radical (unpaired) electrons. The highest BCUT2D eigenvalue weighted by Crippen LogP contribution is 2.31. The van der Waals surface area contributed by atoms with Crippen LogP contribution in [0, 0.1) is 0 Å². The van der Waals surface area contributed by atoms with Gasteiger partial charge in [0.2, 0.25) is 0 Å². The molecule has 0 bridgehead atoms. The van der Waals surface area contributed by atoms with E-state index in [-0.39, 0.29) is 24.2 Å². The molecule has 1 aliphatic rings. The summed E-state index contributed by atoms with van der Waals surface area (Å²) in [5.41, 5.74) is 0.907. The number of alkyl halides is 3. The Morgan fingerprint density at radius 2 is 1.92 bits per heavy atom. The zero-order valence-corrected chi connectivity index (χ0v) is 14.8. The van der Waals surface area contributed by atoms with Gasteiger partial charge in [-0.3, -0.25) is 4.90 Å². The second-order valence-corrected chi connectivity index (χ2v) is 5.92. The van der Waals surface area contributed by atoms with E-state index < -0.39 is 6.36 Å². The largest absolute Gasteiger partial charge is 0.573 e. The third kappa shape index (κ3) is 6.87. The van der Waals surface area contributed by atoms with Crippen molar-refractivity contribution < 1.29 is 17.9 Å². The van der Waals surface area contributed by atoms with Gasteiger partial charge in [0.05, 0.1) is 0 Å². The highest BCUT2D eigenvalue weighted by atomic mass is 35.5. The Morgan fingerprint density at radius 3 is 2.54 bits per heavy atom. The average Bonchev–Trinajstić information content (AvgIpc) is 2.51. The number of hydrogen-bond donors (Lipinski definition) is 1. The zero-order chi connectivity index (χ0) is 16.7. The predicted molar refractivity (Wildman–Crippen MR) is 91.7 cm³/mol. The summed E-state index contributed by atoms with van der Waals surface area (Å²) in [5.74, 6) is -0.134. The van der Waals surface area contributed by atoms with E-state index in [1.54, 1.807) is 6.07 Å². The molecule has 24 heavy (non-hydrogen) atoms. The lowest BCUT2D eigenvalue weighted by Crippen LogP contribution is -2.45. The normalized spacial score (nSPS) is 17.2. The molecule has 7 heteroatoms. The lowest BCUT2D eigenvalue weighted by Gasteiger charge is -2.35. The van der Waals surface area contributed by atoms with Crippen LogP contribution in [-0.2, 0) is 0 Å². The maximum atomic E-state index is 12.4. The molecule has 1 atom stereocenters. The van der Waals surface area contributed by atoms with E-state index in [9.17, 15) is 13.2 Å². The summed E-state index contributed by atoms with van der Waals surface area (Å²) in [6.45, 7) is 5.83. The van der Waals surface area contributed by atoms with Crippen molar-refractivity contribution in [1.29, 1.82) is 0 Å². The van der Waals surface area contributed by atoms with E-state index in [0.717, 1.165) is 57.4 Å². The van der Waals surface area contributed by atoms with E-state index >= 15 is 0 Å². The van der Waals surface area contributed by atoms with Crippen molar-refractivity contribution in [1.82, 2.24) is 10.2 Å². The number of halogens is 4. The second-order valence-electron chi connectivity index (χ2n) is 5.92. The number of nitrogens with zero attached hydrogens (tertiary/aromatic N) is 1. The zero-order valence-electron chi connectivity index (χ0n) is 13.9. The number of ether oxygens (including phenoxy) is 1. The first kappa shape index (κ1) is 21.1. The molecule has 0 spiro atoms. The molecule has 1 aliphatic heterocycles. The van der Waals surface area contributed by atoms with Crippen molar-refractivity contribution in [2.24, 2.45) is 0 Å². The van der Waals surface area contributed by atoms with E-state index in [2.05, 4.69) is 21.9 Å². The summed E-state index contributed by atoms with van der Waals surface area (Å²) >= 11 is 0. The number of nitrogens with one attached hydrogen (secondary N) is 1. The minimum absolute atomic E-state index is 0. The van der Waals surface area contributed by atoms with Gasteiger partial charge in [0.15, 0.2) is 0 Å². The van der Waals surface area contributed by atoms with E-state index in [1.165, 1.54) is 12.1 Å². The molecule has 0 aliphatic carbocycles. The topological polar surface area (TPSA) is 24.5 Å². The Kier molecular flexibility index (Phi) is 8.87. The summed E-state index contributed by atoms with van der Waals surface area (Å²) in [5, 5.41) is 3.32. The molecular weight excluding hydrogens is 341 g/mol. The standard InChI is InChI=1S/C17H25F3N2O.ClH/c1-2-3-4-8-16(22-11-9-21-10-12-22)14-6-5-7-15(13-14)23-17(18,19)20;/h5-7,13,16,21H,2-4,8-12H2,1H3;1H/t16-;/m0./s1. The lowest BCUT2D eigenvalue weighted by molar-refractivity contribution is -0.274. The number of hydrogen-bond acceptors (Lipinski definition) is 3. The van der Waals surface area contributed by atoms with Crippen molar-refractivity contribution in [2.75, 3.05) is 26.2 Å². The molecule has 1 aromatic rings. The van der Waals surface area contributed by atoms with Crippen LogP contribution >= 0.6 is 12.4 Å². The lowest BCUT2D eigenvalue weighted by atomic mass is 9.98. The average molecular weight is 367 g/mol. The van der Waals surface area contributed by atoms with Crippen LogP contribution in [0.5, 0.6) is 5.75 Å². The third-order valence-electron chi connectivity index (χ3n) is 4.15. The molecule has 3 nitrogen and oxygen atoms in total. The first-order valence-electron chi connectivity index (χ1n) is 8.30. The van der Waals surface area contributed by atoms with Crippen molar-refractivity contribution >= 4 is 12.4 Å². The number of piperazine rings is 1. The predicted octanol–water partition coefficient (Wildman–Crippen LogP) is 4.53. The van der Waals surface area contributed by atoms with Crippen LogP contribution in [0.1, 0.15) is 44.2 Å². The molecule has 0 aromatic heterocycles. The van der Waals surface area contributed by atoms with Crippen molar-refractivity contribution in [3.8, 4) is 5.75 Å². The molecule has 1 fully saturated rings. The quantitative estimate of drug-likeness (QED) is 0.717. The Hall–Kier alpha value is -0.980. The van der Waals surface area contributed by atoms with Gasteiger partial charge < -0.3 is 10.1 Å². The molecule has 1 aromatic carbocycles. The van der Waals surface area contributed by atoms with Gasteiger partial charge in [0, 0.05) is 32.2 Å². The van der Waals surface area contributed by atoms with E-state index in [4.69, 9.17) is 0 Å². The first-order valence-corrected chi connectivity index (χ1v) is 8.30.